The molecule has 0 radical (unpaired) electrons. The molecule has 1 atom stereocenters. The summed E-state index contributed by atoms with van der Waals surface area (Å²) in [7, 11) is 0. The Balaban J connectivity index is 1.80. The van der Waals surface area contributed by atoms with Gasteiger partial charge in [-0.3, -0.25) is 19.7 Å². The fourth-order valence-corrected chi connectivity index (χ4v) is 3.41. The third-order valence-corrected chi connectivity index (χ3v) is 4.85. The Morgan fingerprint density at radius 3 is 2.37 bits per heavy atom. The van der Waals surface area contributed by atoms with Gasteiger partial charge in [0.25, 0.3) is 11.6 Å². The van der Waals surface area contributed by atoms with E-state index in [0.29, 0.717) is 17.0 Å². The molecule has 0 bridgehead atoms. The van der Waals surface area contributed by atoms with Crippen LogP contribution in [0.3, 0.4) is 0 Å². The number of nitro groups is 1. The zero-order valence-corrected chi connectivity index (χ0v) is 15.7. The Morgan fingerprint density at radius 2 is 1.67 bits per heavy atom. The Labute approximate surface area is 171 Å². The molecule has 0 unspecified atom stereocenters. The smallest absolute Gasteiger partial charge is 0.293 e. The lowest BCUT2D eigenvalue weighted by Crippen LogP contribution is -2.45. The minimum absolute atomic E-state index is 0.0131. The van der Waals surface area contributed by atoms with Crippen molar-refractivity contribution in [1.82, 2.24) is 0 Å². The van der Waals surface area contributed by atoms with Gasteiger partial charge in [0, 0.05) is 17.2 Å². The number of nitrogens with zero attached hydrogens (tertiary/aromatic N) is 2. The van der Waals surface area contributed by atoms with Crippen LogP contribution in [0, 0.1) is 10.1 Å². The van der Waals surface area contributed by atoms with E-state index in [0.717, 1.165) is 0 Å². The van der Waals surface area contributed by atoms with Crippen LogP contribution in [-0.2, 0) is 4.79 Å². The van der Waals surface area contributed by atoms with Crippen molar-refractivity contribution in [3.05, 3.63) is 94.0 Å². The normalized spacial score (nSPS) is 15.1. The van der Waals surface area contributed by atoms with Gasteiger partial charge in [0.05, 0.1) is 17.2 Å². The van der Waals surface area contributed by atoms with E-state index >= 15 is 0 Å². The van der Waals surface area contributed by atoms with Crippen LogP contribution >= 0.6 is 0 Å². The number of carbonyl (C=O) groups is 2. The van der Waals surface area contributed by atoms with Crippen LogP contribution in [0.15, 0.2) is 72.8 Å². The predicted molar refractivity (Wildman–Crippen MR) is 110 cm³/mol. The number of carbonyl (C=O) groups excluding carboxylic acids is 2. The molecule has 2 N–H and O–H groups in total. The molecule has 8 nitrogen and oxygen atoms in total. The molecule has 30 heavy (non-hydrogen) atoms. The quantitative estimate of drug-likeness (QED) is 0.397. The number of rotatable bonds is 5. The van der Waals surface area contributed by atoms with Gasteiger partial charge in [-0.2, -0.15) is 0 Å². The first-order chi connectivity index (χ1) is 14.5. The molecular formula is C22H17N3O5. The molecule has 3 aromatic carbocycles. The molecule has 1 aliphatic rings. The zero-order valence-electron chi connectivity index (χ0n) is 15.7. The summed E-state index contributed by atoms with van der Waals surface area (Å²) in [6.07, 6.45) is -0.967. The van der Waals surface area contributed by atoms with E-state index < -0.39 is 16.9 Å². The van der Waals surface area contributed by atoms with E-state index in [1.54, 1.807) is 59.5 Å². The molecule has 1 aliphatic heterocycles. The van der Waals surface area contributed by atoms with Crippen molar-refractivity contribution in [2.24, 2.45) is 5.73 Å². The van der Waals surface area contributed by atoms with Gasteiger partial charge in [-0.25, -0.2) is 0 Å². The van der Waals surface area contributed by atoms with Crippen molar-refractivity contribution in [2.45, 2.75) is 6.10 Å². The summed E-state index contributed by atoms with van der Waals surface area (Å²) in [6.45, 7) is 0.0131. The average Bonchev–Trinajstić information content (AvgIpc) is 2.78. The van der Waals surface area contributed by atoms with Crippen molar-refractivity contribution >= 4 is 28.8 Å². The number of ether oxygens (including phenoxy) is 1. The molecule has 0 spiro atoms. The molecule has 8 heteroatoms. The number of primary amides is 1. The van der Waals surface area contributed by atoms with Crippen LogP contribution in [0.4, 0.5) is 17.1 Å². The van der Waals surface area contributed by atoms with Gasteiger partial charge in [0.15, 0.2) is 11.9 Å². The van der Waals surface area contributed by atoms with Crippen LogP contribution in [0.2, 0.25) is 0 Å². The second-order valence-corrected chi connectivity index (χ2v) is 6.74. The molecule has 0 fully saturated rings. The number of nitrogens with two attached hydrogens (primary N) is 1. The number of hydrogen-bond donors (Lipinski definition) is 1. The fraction of sp³-hybridized carbons (Fsp3) is 0.0909. The lowest BCUT2D eigenvalue weighted by Gasteiger charge is -2.34. The summed E-state index contributed by atoms with van der Waals surface area (Å²) in [6, 6.07) is 19.7. The van der Waals surface area contributed by atoms with E-state index in [9.17, 15) is 19.7 Å². The maximum atomic E-state index is 12.7. The first kappa shape index (κ1) is 19.1. The first-order valence-corrected chi connectivity index (χ1v) is 9.16. The average molecular weight is 403 g/mol. The van der Waals surface area contributed by atoms with E-state index in [-0.39, 0.29) is 29.3 Å². The molecule has 3 aromatic rings. The highest BCUT2D eigenvalue weighted by atomic mass is 16.6. The van der Waals surface area contributed by atoms with Crippen molar-refractivity contribution in [3.8, 4) is 5.75 Å². The number of ketones is 1. The van der Waals surface area contributed by atoms with Crippen LogP contribution in [-0.4, -0.2) is 29.3 Å². The van der Waals surface area contributed by atoms with E-state index in [4.69, 9.17) is 10.5 Å². The maximum absolute atomic E-state index is 12.7. The van der Waals surface area contributed by atoms with Gasteiger partial charge in [-0.15, -0.1) is 0 Å². The first-order valence-electron chi connectivity index (χ1n) is 9.16. The van der Waals surface area contributed by atoms with E-state index in [1.165, 1.54) is 18.2 Å². The van der Waals surface area contributed by atoms with Gasteiger partial charge >= 0.3 is 0 Å². The molecular weight excluding hydrogens is 386 g/mol. The Morgan fingerprint density at radius 1 is 0.967 bits per heavy atom. The van der Waals surface area contributed by atoms with Crippen molar-refractivity contribution in [3.63, 3.8) is 0 Å². The third kappa shape index (κ3) is 3.46. The largest absolute Gasteiger partial charge is 0.477 e. The van der Waals surface area contributed by atoms with Crippen LogP contribution in [0.1, 0.15) is 15.9 Å². The predicted octanol–water partition coefficient (Wildman–Crippen LogP) is 3.21. The minimum Gasteiger partial charge on any atom is -0.477 e. The number of benzene rings is 3. The highest BCUT2D eigenvalue weighted by Crippen LogP contribution is 2.42. The summed E-state index contributed by atoms with van der Waals surface area (Å²) >= 11 is 0. The summed E-state index contributed by atoms with van der Waals surface area (Å²) in [5, 5.41) is 11.8. The van der Waals surface area contributed by atoms with E-state index in [2.05, 4.69) is 0 Å². The standard InChI is InChI=1S/C22H17N3O5/c23-22(27)20-13-24(17-8-4-5-9-19(17)30-20)16-11-10-15(12-18(16)25(28)29)21(26)14-6-2-1-3-7-14/h1-12,20H,13H2,(H2,23,27)/t20-/m0/s1. The van der Waals surface area contributed by atoms with Crippen LogP contribution in [0.25, 0.3) is 0 Å². The number of amides is 1. The van der Waals surface area contributed by atoms with Crippen LogP contribution < -0.4 is 15.4 Å². The third-order valence-electron chi connectivity index (χ3n) is 4.85. The number of nitro benzene ring substituents is 1. The van der Waals surface area contributed by atoms with Gasteiger partial charge in [0.1, 0.15) is 11.4 Å². The van der Waals surface area contributed by atoms with Crippen molar-refractivity contribution in [1.29, 1.82) is 0 Å². The molecule has 4 rings (SSSR count). The molecule has 1 heterocycles. The summed E-state index contributed by atoms with van der Waals surface area (Å²) in [5.41, 5.74) is 6.61. The molecule has 1 amide bonds. The molecule has 0 saturated heterocycles. The van der Waals surface area contributed by atoms with Crippen molar-refractivity contribution < 1.29 is 19.2 Å². The highest BCUT2D eigenvalue weighted by molar-refractivity contribution is 6.09. The Kier molecular flexibility index (Phi) is 4.89. The lowest BCUT2D eigenvalue weighted by atomic mass is 10.0. The number of para-hydroxylation sites is 2. The number of anilines is 2. The van der Waals surface area contributed by atoms with Gasteiger partial charge in [0.2, 0.25) is 0 Å². The summed E-state index contributed by atoms with van der Waals surface area (Å²) < 4.78 is 5.63. The van der Waals surface area contributed by atoms with Gasteiger partial charge < -0.3 is 15.4 Å². The minimum atomic E-state index is -0.967. The molecule has 0 aromatic heterocycles. The Bertz CT molecular complexity index is 1150. The second kappa shape index (κ2) is 7.67. The SMILES string of the molecule is NC(=O)[C@@H]1CN(c2ccc(C(=O)c3ccccc3)cc2[N+](=O)[O-])c2ccccc2O1. The topological polar surface area (TPSA) is 116 Å². The molecule has 0 aliphatic carbocycles. The highest BCUT2D eigenvalue weighted by Gasteiger charge is 2.33. The summed E-state index contributed by atoms with van der Waals surface area (Å²) in [5.74, 6) is -0.595. The zero-order chi connectivity index (χ0) is 21.3. The van der Waals surface area contributed by atoms with Gasteiger partial charge in [-0.1, -0.05) is 42.5 Å². The Hall–Kier alpha value is -4.20. The number of hydrogen-bond acceptors (Lipinski definition) is 6. The lowest BCUT2D eigenvalue weighted by molar-refractivity contribution is -0.384. The maximum Gasteiger partial charge on any atom is 0.293 e. The van der Waals surface area contributed by atoms with Crippen LogP contribution in [0.5, 0.6) is 5.75 Å². The number of fused-ring (bicyclic) bond motifs is 1. The molecule has 0 saturated carbocycles. The monoisotopic (exact) mass is 403 g/mol. The molecule has 150 valence electrons. The van der Waals surface area contributed by atoms with Gasteiger partial charge in [-0.05, 0) is 24.3 Å². The van der Waals surface area contributed by atoms with E-state index in [1.807, 2.05) is 0 Å². The fourth-order valence-electron chi connectivity index (χ4n) is 3.41. The van der Waals surface area contributed by atoms with Crippen molar-refractivity contribution in [2.75, 3.05) is 11.4 Å². The second-order valence-electron chi connectivity index (χ2n) is 6.74. The summed E-state index contributed by atoms with van der Waals surface area (Å²) in [4.78, 5) is 37.4.